The lowest BCUT2D eigenvalue weighted by Crippen LogP contribution is -2.14. The Labute approximate surface area is 114 Å². The highest BCUT2D eigenvalue weighted by molar-refractivity contribution is 5.80. The molecule has 0 atom stereocenters. The number of hydrogen-bond donors (Lipinski definition) is 0. The van der Waals surface area contributed by atoms with Crippen molar-refractivity contribution >= 4 is 6.29 Å². The summed E-state index contributed by atoms with van der Waals surface area (Å²) in [5.74, 6) is 0. The van der Waals surface area contributed by atoms with Crippen LogP contribution in [0.3, 0.4) is 0 Å². The molecule has 0 fully saturated rings. The summed E-state index contributed by atoms with van der Waals surface area (Å²) in [4.78, 5) is 11.0. The normalized spacial score (nSPS) is 11.6. The Hall–Kier alpha value is -1.90. The first kappa shape index (κ1) is 13.5. The van der Waals surface area contributed by atoms with Gasteiger partial charge >= 0.3 is 0 Å². The predicted octanol–water partition coefficient (Wildman–Crippen LogP) is 3.51. The van der Waals surface area contributed by atoms with Crippen molar-refractivity contribution in [1.29, 1.82) is 0 Å². The summed E-state index contributed by atoms with van der Waals surface area (Å²) in [5, 5.41) is 4.58. The molecule has 3 heteroatoms. The number of aldehydes is 1. The van der Waals surface area contributed by atoms with Gasteiger partial charge in [0.25, 0.3) is 0 Å². The summed E-state index contributed by atoms with van der Waals surface area (Å²) < 4.78 is 1.84. The molecule has 2 aromatic rings. The third-order valence-corrected chi connectivity index (χ3v) is 3.23. The summed E-state index contributed by atoms with van der Waals surface area (Å²) in [6.07, 6.45) is 2.91. The fraction of sp³-hybridized carbons (Fsp3) is 0.375. The summed E-state index contributed by atoms with van der Waals surface area (Å²) in [5.41, 5.74) is 5.08. The van der Waals surface area contributed by atoms with Crippen molar-refractivity contribution in [2.45, 2.75) is 33.1 Å². The lowest BCUT2D eigenvalue weighted by molar-refractivity contribution is 0.112. The summed E-state index contributed by atoms with van der Waals surface area (Å²) in [6, 6.07) is 5.77. The van der Waals surface area contributed by atoms with Gasteiger partial charge in [-0.15, -0.1) is 0 Å². The number of carbonyl (C=O) groups excluding carboxylic acids is 1. The third kappa shape index (κ3) is 2.60. The second-order valence-corrected chi connectivity index (χ2v) is 6.01. The lowest BCUT2D eigenvalue weighted by Gasteiger charge is -2.18. The topological polar surface area (TPSA) is 34.9 Å². The standard InChI is InChI=1S/C16H20N2O/c1-11-6-7-12(10-19)8-13(11)14-9-18(5)17-15(14)16(2,3)4/h6-10H,1-5H3. The molecule has 1 aromatic carbocycles. The van der Waals surface area contributed by atoms with Crippen molar-refractivity contribution in [1.82, 2.24) is 9.78 Å². The van der Waals surface area contributed by atoms with E-state index in [1.165, 1.54) is 0 Å². The van der Waals surface area contributed by atoms with E-state index in [0.717, 1.165) is 28.7 Å². The average molecular weight is 256 g/mol. The van der Waals surface area contributed by atoms with Crippen LogP contribution in [0.2, 0.25) is 0 Å². The number of nitrogens with zero attached hydrogens (tertiary/aromatic N) is 2. The third-order valence-electron chi connectivity index (χ3n) is 3.23. The van der Waals surface area contributed by atoms with Crippen LogP contribution in [0.25, 0.3) is 11.1 Å². The van der Waals surface area contributed by atoms with Gasteiger partial charge in [-0.2, -0.15) is 5.10 Å². The van der Waals surface area contributed by atoms with Gasteiger partial charge in [0.05, 0.1) is 5.69 Å². The maximum absolute atomic E-state index is 11.0. The predicted molar refractivity (Wildman–Crippen MR) is 77.5 cm³/mol. The highest BCUT2D eigenvalue weighted by atomic mass is 16.1. The van der Waals surface area contributed by atoms with E-state index in [1.807, 2.05) is 36.1 Å². The van der Waals surface area contributed by atoms with Crippen LogP contribution in [0.4, 0.5) is 0 Å². The molecule has 100 valence electrons. The van der Waals surface area contributed by atoms with Gasteiger partial charge in [-0.05, 0) is 24.1 Å². The monoisotopic (exact) mass is 256 g/mol. The molecule has 0 saturated carbocycles. The van der Waals surface area contributed by atoms with Crippen LogP contribution in [0.5, 0.6) is 0 Å². The second kappa shape index (κ2) is 4.65. The van der Waals surface area contributed by atoms with Crippen molar-refractivity contribution < 1.29 is 4.79 Å². The van der Waals surface area contributed by atoms with Crippen molar-refractivity contribution in [3.8, 4) is 11.1 Å². The van der Waals surface area contributed by atoms with E-state index in [-0.39, 0.29) is 5.41 Å². The summed E-state index contributed by atoms with van der Waals surface area (Å²) >= 11 is 0. The minimum atomic E-state index is -0.0276. The summed E-state index contributed by atoms with van der Waals surface area (Å²) in [7, 11) is 1.93. The highest BCUT2D eigenvalue weighted by Gasteiger charge is 2.23. The molecule has 0 N–H and O–H groups in total. The Kier molecular flexibility index (Phi) is 3.31. The largest absolute Gasteiger partial charge is 0.298 e. The zero-order chi connectivity index (χ0) is 14.2. The molecule has 19 heavy (non-hydrogen) atoms. The zero-order valence-corrected chi connectivity index (χ0v) is 12.2. The van der Waals surface area contributed by atoms with E-state index in [1.54, 1.807) is 0 Å². The van der Waals surface area contributed by atoms with Crippen LogP contribution in [-0.2, 0) is 12.5 Å². The number of hydrogen-bond acceptors (Lipinski definition) is 2. The molecule has 0 aliphatic carbocycles. The molecule has 0 radical (unpaired) electrons. The van der Waals surface area contributed by atoms with E-state index in [2.05, 4.69) is 32.8 Å². The van der Waals surface area contributed by atoms with Crippen molar-refractivity contribution in [3.63, 3.8) is 0 Å². The van der Waals surface area contributed by atoms with Crippen LogP contribution in [0.1, 0.15) is 42.4 Å². The maximum atomic E-state index is 11.0. The van der Waals surface area contributed by atoms with Crippen LogP contribution >= 0.6 is 0 Å². The molecule has 0 amide bonds. The Morgan fingerprint density at radius 1 is 1.21 bits per heavy atom. The van der Waals surface area contributed by atoms with E-state index >= 15 is 0 Å². The Morgan fingerprint density at radius 2 is 1.89 bits per heavy atom. The molecule has 0 bridgehead atoms. The highest BCUT2D eigenvalue weighted by Crippen LogP contribution is 2.33. The zero-order valence-electron chi connectivity index (χ0n) is 12.2. The molecule has 1 aromatic heterocycles. The summed E-state index contributed by atoms with van der Waals surface area (Å²) in [6.45, 7) is 8.51. The average Bonchev–Trinajstić information content (AvgIpc) is 2.72. The van der Waals surface area contributed by atoms with Crippen LogP contribution < -0.4 is 0 Å². The molecule has 0 saturated heterocycles. The Morgan fingerprint density at radius 3 is 2.47 bits per heavy atom. The van der Waals surface area contributed by atoms with E-state index in [0.29, 0.717) is 5.56 Å². The molecule has 0 unspecified atom stereocenters. The van der Waals surface area contributed by atoms with E-state index in [9.17, 15) is 4.79 Å². The van der Waals surface area contributed by atoms with Crippen LogP contribution in [0.15, 0.2) is 24.4 Å². The molecule has 0 spiro atoms. The quantitative estimate of drug-likeness (QED) is 0.771. The SMILES string of the molecule is Cc1ccc(C=O)cc1-c1cn(C)nc1C(C)(C)C. The Bertz CT molecular complexity index is 618. The van der Waals surface area contributed by atoms with Crippen molar-refractivity contribution in [2.75, 3.05) is 0 Å². The van der Waals surface area contributed by atoms with Gasteiger partial charge in [0.2, 0.25) is 0 Å². The number of carbonyl (C=O) groups is 1. The number of aromatic nitrogens is 2. The Balaban J connectivity index is 2.68. The fourth-order valence-electron chi connectivity index (χ4n) is 2.24. The smallest absolute Gasteiger partial charge is 0.150 e. The first-order chi connectivity index (χ1) is 8.82. The van der Waals surface area contributed by atoms with Gasteiger partial charge in [-0.1, -0.05) is 32.9 Å². The minimum absolute atomic E-state index is 0.0276. The van der Waals surface area contributed by atoms with Gasteiger partial charge in [-0.3, -0.25) is 9.48 Å². The molecule has 0 aliphatic rings. The first-order valence-corrected chi connectivity index (χ1v) is 6.43. The van der Waals surface area contributed by atoms with Gasteiger partial charge in [0.15, 0.2) is 0 Å². The molecular formula is C16H20N2O. The van der Waals surface area contributed by atoms with Crippen LogP contribution in [0, 0.1) is 6.92 Å². The minimum Gasteiger partial charge on any atom is -0.298 e. The number of benzene rings is 1. The second-order valence-electron chi connectivity index (χ2n) is 6.01. The molecule has 2 rings (SSSR count). The van der Waals surface area contributed by atoms with Crippen molar-refractivity contribution in [3.05, 3.63) is 41.2 Å². The van der Waals surface area contributed by atoms with Gasteiger partial charge in [0.1, 0.15) is 6.29 Å². The lowest BCUT2D eigenvalue weighted by atomic mass is 9.86. The fourth-order valence-corrected chi connectivity index (χ4v) is 2.24. The van der Waals surface area contributed by atoms with E-state index in [4.69, 9.17) is 0 Å². The molecule has 1 heterocycles. The van der Waals surface area contributed by atoms with Gasteiger partial charge < -0.3 is 0 Å². The molecular weight excluding hydrogens is 236 g/mol. The van der Waals surface area contributed by atoms with Crippen molar-refractivity contribution in [2.24, 2.45) is 7.05 Å². The first-order valence-electron chi connectivity index (χ1n) is 6.43. The van der Waals surface area contributed by atoms with E-state index < -0.39 is 0 Å². The number of rotatable bonds is 2. The van der Waals surface area contributed by atoms with Gasteiger partial charge in [0, 0.05) is 29.8 Å². The molecule has 3 nitrogen and oxygen atoms in total. The van der Waals surface area contributed by atoms with Gasteiger partial charge in [-0.25, -0.2) is 0 Å². The number of aryl methyl sites for hydroxylation is 2. The molecule has 0 aliphatic heterocycles. The van der Waals surface area contributed by atoms with Crippen LogP contribution in [-0.4, -0.2) is 16.1 Å². The maximum Gasteiger partial charge on any atom is 0.150 e.